The predicted molar refractivity (Wildman–Crippen MR) is 81.0 cm³/mol. The van der Waals surface area contributed by atoms with Gasteiger partial charge in [0, 0.05) is 18.4 Å². The number of hydrogen-bond donors (Lipinski definition) is 1. The van der Waals surface area contributed by atoms with E-state index in [0.717, 1.165) is 43.1 Å². The predicted octanol–water partition coefficient (Wildman–Crippen LogP) is 3.08. The van der Waals surface area contributed by atoms with Crippen molar-refractivity contribution in [2.45, 2.75) is 64.2 Å². The normalized spacial score (nSPS) is 40.9. The van der Waals surface area contributed by atoms with E-state index in [4.69, 9.17) is 4.42 Å². The first-order chi connectivity index (χ1) is 10.1. The van der Waals surface area contributed by atoms with Crippen LogP contribution in [0.3, 0.4) is 0 Å². The first-order valence-corrected chi connectivity index (χ1v) is 8.64. The van der Waals surface area contributed by atoms with Gasteiger partial charge in [-0.05, 0) is 62.3 Å². The molecule has 4 fully saturated rings. The summed E-state index contributed by atoms with van der Waals surface area (Å²) < 4.78 is 6.10. The van der Waals surface area contributed by atoms with E-state index in [9.17, 15) is 0 Å². The van der Waals surface area contributed by atoms with Gasteiger partial charge in [-0.3, -0.25) is 0 Å². The number of nitrogens with zero attached hydrogens (tertiary/aromatic N) is 2. The lowest BCUT2D eigenvalue weighted by Gasteiger charge is -2.60. The first kappa shape index (κ1) is 13.7. The fourth-order valence-electron chi connectivity index (χ4n) is 5.91. The molecule has 21 heavy (non-hydrogen) atoms. The van der Waals surface area contributed by atoms with Crippen LogP contribution in [0.5, 0.6) is 0 Å². The van der Waals surface area contributed by atoms with Gasteiger partial charge in [-0.1, -0.05) is 13.8 Å². The van der Waals surface area contributed by atoms with Crippen LogP contribution in [0.15, 0.2) is 4.42 Å². The van der Waals surface area contributed by atoms with Gasteiger partial charge in [0.05, 0.1) is 0 Å². The fourth-order valence-corrected chi connectivity index (χ4v) is 5.91. The van der Waals surface area contributed by atoms with Crippen molar-refractivity contribution in [2.75, 3.05) is 13.1 Å². The Bertz CT molecular complexity index is 510. The average Bonchev–Trinajstić information content (AvgIpc) is 2.85. The van der Waals surface area contributed by atoms with E-state index >= 15 is 0 Å². The maximum atomic E-state index is 6.10. The highest BCUT2D eigenvalue weighted by atomic mass is 16.4. The molecule has 1 heterocycles. The highest BCUT2D eigenvalue weighted by molar-refractivity contribution is 5.17. The molecule has 1 N–H and O–H groups in total. The lowest BCUT2D eigenvalue weighted by Crippen LogP contribution is -2.53. The summed E-state index contributed by atoms with van der Waals surface area (Å²) in [5, 5.41) is 12.1. The lowest BCUT2D eigenvalue weighted by atomic mass is 9.44. The van der Waals surface area contributed by atoms with E-state index in [1.807, 2.05) is 0 Å². The minimum atomic E-state index is 0.211. The fraction of sp³-hybridized carbons (Fsp3) is 0.882. The maximum Gasteiger partial charge on any atom is 0.222 e. The molecule has 0 aliphatic heterocycles. The Labute approximate surface area is 127 Å². The van der Waals surface area contributed by atoms with Gasteiger partial charge in [-0.15, -0.1) is 10.2 Å². The van der Waals surface area contributed by atoms with Crippen molar-refractivity contribution >= 4 is 0 Å². The molecule has 0 amide bonds. The Morgan fingerprint density at radius 3 is 2.62 bits per heavy atom. The smallest absolute Gasteiger partial charge is 0.222 e. The molecule has 2 atom stereocenters. The second-order valence-corrected chi connectivity index (χ2v) is 8.16. The topological polar surface area (TPSA) is 51.0 Å². The molecule has 2 unspecified atom stereocenters. The number of aromatic nitrogens is 2. The van der Waals surface area contributed by atoms with Crippen LogP contribution in [0.2, 0.25) is 0 Å². The van der Waals surface area contributed by atoms with Crippen LogP contribution in [0.1, 0.15) is 64.2 Å². The Balaban J connectivity index is 1.55. The SMILES string of the molecule is CCNCCc1nnc(C23CC4CC(CC(C)(C4)C2)C3)o1. The second-order valence-electron chi connectivity index (χ2n) is 8.16. The zero-order valence-corrected chi connectivity index (χ0v) is 13.3. The Morgan fingerprint density at radius 1 is 1.19 bits per heavy atom. The molecule has 0 aromatic carbocycles. The summed E-state index contributed by atoms with van der Waals surface area (Å²) in [6.45, 7) is 6.53. The van der Waals surface area contributed by atoms with Crippen molar-refractivity contribution < 1.29 is 4.42 Å². The molecular formula is C17H27N3O. The molecule has 4 aliphatic rings. The van der Waals surface area contributed by atoms with Gasteiger partial charge in [0.15, 0.2) is 0 Å². The number of likely N-dealkylation sites (N-methyl/N-ethyl adjacent to an activating group) is 1. The second kappa shape index (κ2) is 4.80. The molecular weight excluding hydrogens is 262 g/mol. The van der Waals surface area contributed by atoms with Crippen molar-refractivity contribution in [2.24, 2.45) is 17.3 Å². The summed E-state index contributed by atoms with van der Waals surface area (Å²) in [6, 6.07) is 0. The first-order valence-electron chi connectivity index (χ1n) is 8.64. The number of hydrogen-bond acceptors (Lipinski definition) is 4. The molecule has 0 saturated heterocycles. The van der Waals surface area contributed by atoms with E-state index in [-0.39, 0.29) is 5.41 Å². The Kier molecular flexibility index (Phi) is 3.14. The van der Waals surface area contributed by atoms with Crippen LogP contribution >= 0.6 is 0 Å². The van der Waals surface area contributed by atoms with Crippen LogP contribution in [0.4, 0.5) is 0 Å². The lowest BCUT2D eigenvalue weighted by molar-refractivity contribution is -0.0712. The van der Waals surface area contributed by atoms with Gasteiger partial charge in [0.25, 0.3) is 0 Å². The minimum Gasteiger partial charge on any atom is -0.425 e. The summed E-state index contributed by atoms with van der Waals surface area (Å²) in [5.41, 5.74) is 0.741. The Morgan fingerprint density at radius 2 is 1.95 bits per heavy atom. The molecule has 4 bridgehead atoms. The van der Waals surface area contributed by atoms with Crippen molar-refractivity contribution in [3.63, 3.8) is 0 Å². The van der Waals surface area contributed by atoms with Crippen LogP contribution in [0, 0.1) is 17.3 Å². The quantitative estimate of drug-likeness (QED) is 0.846. The highest BCUT2D eigenvalue weighted by Gasteiger charge is 2.58. The molecule has 1 aromatic rings. The molecule has 0 spiro atoms. The van der Waals surface area contributed by atoms with Gasteiger partial charge in [-0.25, -0.2) is 0 Å². The molecule has 0 radical (unpaired) electrons. The van der Waals surface area contributed by atoms with Crippen LogP contribution in [-0.4, -0.2) is 23.3 Å². The van der Waals surface area contributed by atoms with Gasteiger partial charge in [0.2, 0.25) is 11.8 Å². The van der Waals surface area contributed by atoms with Crippen molar-refractivity contribution in [1.82, 2.24) is 15.5 Å². The summed E-state index contributed by atoms with van der Waals surface area (Å²) in [4.78, 5) is 0. The summed E-state index contributed by atoms with van der Waals surface area (Å²) in [7, 11) is 0. The third-order valence-electron chi connectivity index (χ3n) is 6.04. The summed E-state index contributed by atoms with van der Waals surface area (Å²) in [6.07, 6.45) is 8.98. The van der Waals surface area contributed by atoms with E-state index in [0.29, 0.717) is 5.41 Å². The average molecular weight is 289 g/mol. The van der Waals surface area contributed by atoms with E-state index in [1.165, 1.54) is 38.5 Å². The van der Waals surface area contributed by atoms with Gasteiger partial charge < -0.3 is 9.73 Å². The van der Waals surface area contributed by atoms with Crippen molar-refractivity contribution in [1.29, 1.82) is 0 Å². The number of rotatable bonds is 5. The molecule has 1 aromatic heterocycles. The number of nitrogens with one attached hydrogen (secondary N) is 1. The zero-order chi connectivity index (χ0) is 14.5. The Hall–Kier alpha value is -0.900. The molecule has 4 saturated carbocycles. The summed E-state index contributed by atoms with van der Waals surface area (Å²) in [5.74, 6) is 3.56. The third-order valence-corrected chi connectivity index (χ3v) is 6.04. The van der Waals surface area contributed by atoms with Crippen LogP contribution in [-0.2, 0) is 11.8 Å². The standard InChI is InChI=1S/C17H27N3O/c1-3-18-5-4-14-19-20-15(21-14)17-9-12-6-13(10-17)8-16(2,7-12)11-17/h12-13,18H,3-11H2,1-2H3. The minimum absolute atomic E-state index is 0.211. The molecule has 5 rings (SSSR count). The largest absolute Gasteiger partial charge is 0.425 e. The van der Waals surface area contributed by atoms with Crippen LogP contribution < -0.4 is 5.32 Å². The van der Waals surface area contributed by atoms with Crippen molar-refractivity contribution in [3.05, 3.63) is 11.8 Å². The van der Waals surface area contributed by atoms with E-state index in [2.05, 4.69) is 29.4 Å². The van der Waals surface area contributed by atoms with Gasteiger partial charge in [0.1, 0.15) is 0 Å². The van der Waals surface area contributed by atoms with Gasteiger partial charge in [-0.2, -0.15) is 0 Å². The van der Waals surface area contributed by atoms with Gasteiger partial charge >= 0.3 is 0 Å². The molecule has 4 nitrogen and oxygen atoms in total. The highest BCUT2D eigenvalue weighted by Crippen LogP contribution is 2.65. The summed E-state index contributed by atoms with van der Waals surface area (Å²) >= 11 is 0. The third kappa shape index (κ3) is 2.32. The van der Waals surface area contributed by atoms with Crippen molar-refractivity contribution in [3.8, 4) is 0 Å². The zero-order valence-electron chi connectivity index (χ0n) is 13.3. The maximum absolute atomic E-state index is 6.10. The monoisotopic (exact) mass is 289 g/mol. The van der Waals surface area contributed by atoms with E-state index < -0.39 is 0 Å². The molecule has 4 heteroatoms. The molecule has 4 aliphatic carbocycles. The van der Waals surface area contributed by atoms with Crippen LogP contribution in [0.25, 0.3) is 0 Å². The van der Waals surface area contributed by atoms with E-state index in [1.54, 1.807) is 0 Å². The molecule has 116 valence electrons.